The maximum absolute atomic E-state index is 13.6. The summed E-state index contributed by atoms with van der Waals surface area (Å²) < 4.78 is 45.1. The smallest absolute Gasteiger partial charge is 0.409 e. The van der Waals surface area contributed by atoms with Crippen molar-refractivity contribution in [2.45, 2.75) is 11.5 Å². The first-order valence-electron chi connectivity index (χ1n) is 22.4. The van der Waals surface area contributed by atoms with Crippen LogP contribution in [0.15, 0.2) is 152 Å². The van der Waals surface area contributed by atoms with Crippen LogP contribution >= 0.6 is 0 Å². The summed E-state index contributed by atoms with van der Waals surface area (Å²) in [5.74, 6) is -0.507. The zero-order chi connectivity index (χ0) is 45.2. The lowest BCUT2D eigenvalue weighted by atomic mass is 9.77. The summed E-state index contributed by atoms with van der Waals surface area (Å²) in [6, 6.07) is 48.0. The van der Waals surface area contributed by atoms with Crippen LogP contribution in [0, 0.1) is 0 Å². The molecule has 5 aromatic rings. The van der Waals surface area contributed by atoms with Crippen molar-refractivity contribution < 1.29 is 47.5 Å². The fourth-order valence-corrected chi connectivity index (χ4v) is 7.84. The predicted molar refractivity (Wildman–Crippen MR) is 250 cm³/mol. The molecule has 5 aromatic carbocycles. The van der Waals surface area contributed by atoms with Crippen LogP contribution in [0.5, 0.6) is 0 Å². The molecule has 0 spiro atoms. The summed E-state index contributed by atoms with van der Waals surface area (Å²) in [6.07, 6.45) is 1.06. The molecule has 1 amide bonds. The van der Waals surface area contributed by atoms with Gasteiger partial charge in [-0.05, 0) is 38.9 Å². The van der Waals surface area contributed by atoms with E-state index in [1.807, 2.05) is 42.5 Å². The van der Waals surface area contributed by atoms with E-state index in [1.54, 1.807) is 4.90 Å². The van der Waals surface area contributed by atoms with Crippen LogP contribution in [0.3, 0.4) is 0 Å². The summed E-state index contributed by atoms with van der Waals surface area (Å²) >= 11 is 0. The molecule has 12 heteroatoms. The van der Waals surface area contributed by atoms with Gasteiger partial charge in [0.25, 0.3) is 0 Å². The van der Waals surface area contributed by atoms with Gasteiger partial charge in [0.2, 0.25) is 0 Å². The van der Waals surface area contributed by atoms with Crippen molar-refractivity contribution in [2.24, 2.45) is 0 Å². The minimum Gasteiger partial charge on any atom is -0.460 e. The molecule has 1 N–H and O–H groups in total. The molecule has 0 aromatic heterocycles. The van der Waals surface area contributed by atoms with E-state index < -0.39 is 17.6 Å². The monoisotopic (exact) mass is 886 g/mol. The number of nitrogens with one attached hydrogen (secondary N) is 1. The summed E-state index contributed by atoms with van der Waals surface area (Å²) in [4.78, 5) is 26.7. The highest BCUT2D eigenvalue weighted by Gasteiger charge is 2.35. The van der Waals surface area contributed by atoms with Gasteiger partial charge in [-0.25, -0.2) is 9.59 Å². The topological polar surface area (TPSA) is 123 Å². The first kappa shape index (κ1) is 48.7. The molecular formula is C53H62N2O10. The third kappa shape index (κ3) is 14.7. The number of nitrogens with zero attached hydrogens (tertiary/aromatic N) is 1. The molecule has 0 heterocycles. The van der Waals surface area contributed by atoms with Gasteiger partial charge in [-0.1, -0.05) is 152 Å². The number of carbonyl (C=O) groups excluding carboxylic acids is 2. The molecule has 65 heavy (non-hydrogen) atoms. The number of hydrogen-bond donors (Lipinski definition) is 1. The van der Waals surface area contributed by atoms with E-state index >= 15 is 0 Å². The Morgan fingerprint density at radius 1 is 0.523 bits per heavy atom. The van der Waals surface area contributed by atoms with Gasteiger partial charge >= 0.3 is 12.1 Å². The number of fused-ring (bicyclic) bond motifs is 3. The van der Waals surface area contributed by atoms with Crippen molar-refractivity contribution >= 4 is 12.1 Å². The van der Waals surface area contributed by atoms with Crippen molar-refractivity contribution in [3.63, 3.8) is 0 Å². The Bertz CT molecular complexity index is 2000. The van der Waals surface area contributed by atoms with Crippen LogP contribution in [0.25, 0.3) is 11.1 Å². The molecular weight excluding hydrogens is 825 g/mol. The summed E-state index contributed by atoms with van der Waals surface area (Å²) in [7, 11) is 0. The number of esters is 1. The van der Waals surface area contributed by atoms with Gasteiger partial charge in [0.15, 0.2) is 0 Å². The number of carbonyl (C=O) groups is 2. The van der Waals surface area contributed by atoms with Crippen molar-refractivity contribution in [1.29, 1.82) is 0 Å². The molecule has 0 saturated carbocycles. The van der Waals surface area contributed by atoms with E-state index in [4.69, 9.17) is 37.9 Å². The molecule has 1 aliphatic carbocycles. The van der Waals surface area contributed by atoms with Gasteiger partial charge in [0.1, 0.15) is 19.8 Å². The Labute approximate surface area is 383 Å². The zero-order valence-corrected chi connectivity index (χ0v) is 37.2. The molecule has 1 aliphatic rings. The summed E-state index contributed by atoms with van der Waals surface area (Å²) in [6.45, 7) is 8.87. The Morgan fingerprint density at radius 2 is 0.938 bits per heavy atom. The maximum atomic E-state index is 13.6. The Hall–Kier alpha value is -5.70. The van der Waals surface area contributed by atoms with Gasteiger partial charge in [-0.3, -0.25) is 5.32 Å². The summed E-state index contributed by atoms with van der Waals surface area (Å²) in [5.41, 5.74) is 7.54. The highest BCUT2D eigenvalue weighted by atomic mass is 16.6. The van der Waals surface area contributed by atoms with Crippen molar-refractivity contribution in [3.05, 3.63) is 180 Å². The van der Waals surface area contributed by atoms with E-state index in [0.717, 1.165) is 27.8 Å². The van der Waals surface area contributed by atoms with E-state index in [0.29, 0.717) is 79.1 Å². The van der Waals surface area contributed by atoms with Gasteiger partial charge < -0.3 is 42.8 Å². The van der Waals surface area contributed by atoms with Gasteiger partial charge in [-0.2, -0.15) is 0 Å². The van der Waals surface area contributed by atoms with Gasteiger partial charge in [0.05, 0.1) is 78.2 Å². The average molecular weight is 887 g/mol. The number of benzene rings is 5. The number of hydrogen-bond acceptors (Lipinski definition) is 11. The minimum absolute atomic E-state index is 0.0524. The van der Waals surface area contributed by atoms with E-state index in [2.05, 4.69) is 109 Å². The second-order valence-electron chi connectivity index (χ2n) is 15.2. The van der Waals surface area contributed by atoms with Gasteiger partial charge in [-0.15, -0.1) is 0 Å². The second-order valence-corrected chi connectivity index (χ2v) is 15.2. The van der Waals surface area contributed by atoms with Crippen LogP contribution < -0.4 is 5.32 Å². The lowest BCUT2D eigenvalue weighted by Crippen LogP contribution is -2.46. The normalized spacial score (nSPS) is 12.1. The third-order valence-corrected chi connectivity index (χ3v) is 10.9. The number of rotatable bonds is 31. The predicted octanol–water partition coefficient (Wildman–Crippen LogP) is 7.65. The van der Waals surface area contributed by atoms with Crippen molar-refractivity contribution in [3.8, 4) is 11.1 Å². The number of ether oxygens (including phenoxy) is 8. The van der Waals surface area contributed by atoms with E-state index in [9.17, 15) is 9.59 Å². The van der Waals surface area contributed by atoms with Crippen LogP contribution in [0.2, 0.25) is 0 Å². The van der Waals surface area contributed by atoms with Crippen LogP contribution in [-0.4, -0.2) is 129 Å². The Kier molecular flexibility index (Phi) is 20.7. The fourth-order valence-electron chi connectivity index (χ4n) is 7.84. The molecule has 0 unspecified atom stereocenters. The molecule has 0 atom stereocenters. The Balaban J connectivity index is 0.896. The van der Waals surface area contributed by atoms with E-state index in [-0.39, 0.29) is 39.0 Å². The molecule has 0 fully saturated rings. The molecule has 0 bridgehead atoms. The van der Waals surface area contributed by atoms with Crippen molar-refractivity contribution in [2.75, 3.05) is 112 Å². The Morgan fingerprint density at radius 3 is 1.42 bits per heavy atom. The molecule has 12 nitrogen and oxygen atoms in total. The molecule has 6 rings (SSSR count). The van der Waals surface area contributed by atoms with E-state index in [1.165, 1.54) is 17.2 Å². The SMILES string of the molecule is C=CCOC(=O)COCCOCCOCCN(CCOCCOCCOCCNC(c1ccccc1)(c1ccccc1)c1ccccc1)C(=O)OCC1c2ccccc2-c2ccccc21. The lowest BCUT2D eigenvalue weighted by molar-refractivity contribution is -0.148. The summed E-state index contributed by atoms with van der Waals surface area (Å²) in [5, 5.41) is 3.84. The minimum atomic E-state index is -0.549. The quantitative estimate of drug-likeness (QED) is 0.0205. The second kappa shape index (κ2) is 27.6. The standard InChI is InChI=1S/C53H62N2O10/c1-2-29-64-51(56)42-63-40-39-62-38-35-60-32-28-55(52(57)65-41-50-48-24-14-12-22-46(48)47-23-13-15-25-49(47)50)27-31-59-34-37-61-36-33-58-30-26-54-53(43-16-6-3-7-17-43,44-18-8-4-9-19-44)45-20-10-5-11-21-45/h2-25,50,54H,1,26-42H2. The molecule has 344 valence electrons. The van der Waals surface area contributed by atoms with Gasteiger partial charge in [0, 0.05) is 25.6 Å². The molecule has 0 radical (unpaired) electrons. The first-order chi connectivity index (χ1) is 32.1. The zero-order valence-electron chi connectivity index (χ0n) is 37.2. The van der Waals surface area contributed by atoms with Crippen LogP contribution in [0.4, 0.5) is 4.79 Å². The lowest BCUT2D eigenvalue weighted by Gasteiger charge is -2.37. The largest absolute Gasteiger partial charge is 0.460 e. The molecule has 0 saturated heterocycles. The maximum Gasteiger partial charge on any atom is 0.409 e. The van der Waals surface area contributed by atoms with Crippen molar-refractivity contribution in [1.82, 2.24) is 10.2 Å². The van der Waals surface area contributed by atoms with Crippen LogP contribution in [0.1, 0.15) is 33.7 Å². The first-order valence-corrected chi connectivity index (χ1v) is 22.4. The highest BCUT2D eigenvalue weighted by molar-refractivity contribution is 5.79. The van der Waals surface area contributed by atoms with Crippen LogP contribution in [-0.2, 0) is 48.2 Å². The highest BCUT2D eigenvalue weighted by Crippen LogP contribution is 2.44. The number of amides is 1. The fraction of sp³-hybridized carbons (Fsp3) is 0.358. The average Bonchev–Trinajstić information content (AvgIpc) is 3.68. The molecule has 0 aliphatic heterocycles. The third-order valence-electron chi connectivity index (χ3n) is 10.9.